The Morgan fingerprint density at radius 2 is 0.623 bits per heavy atom. The zero-order valence-electron chi connectivity index (χ0n) is 41.9. The normalized spacial score (nSPS) is 12.2. The maximum Gasteiger partial charge on any atom is 0.220 e. The van der Waals surface area contributed by atoms with Gasteiger partial charge in [0.15, 0.2) is 0 Å². The van der Waals surface area contributed by atoms with Crippen LogP contribution < -0.4 is 5.32 Å². The minimum absolute atomic E-state index is 0.0584. The summed E-state index contributed by atoms with van der Waals surface area (Å²) in [6, 6.07) is -0.0708. The van der Waals surface area contributed by atoms with Crippen LogP contribution in [0.4, 0.5) is 0 Å². The number of aliphatic hydroxyl groups excluding tert-OH is 1. The molecule has 2 N–H and O–H groups in total. The Kier molecular flexibility index (Phi) is 52.2. The van der Waals surface area contributed by atoms with Crippen molar-refractivity contribution in [3.05, 3.63) is 12.2 Å². The molecule has 1 unspecified atom stereocenters. The summed E-state index contributed by atoms with van der Waals surface area (Å²) in [6.45, 7) is 4.63. The van der Waals surface area contributed by atoms with Crippen LogP contribution in [0.5, 0.6) is 0 Å². The van der Waals surface area contributed by atoms with Crippen LogP contribution in [0.2, 0.25) is 0 Å². The maximum absolute atomic E-state index is 12.4. The molecule has 4 nitrogen and oxygen atoms in total. The van der Waals surface area contributed by atoms with Gasteiger partial charge in [0.2, 0.25) is 5.91 Å². The average Bonchev–Trinajstić information content (AvgIpc) is 3.26. The molecule has 0 aromatic rings. The van der Waals surface area contributed by atoms with Crippen LogP contribution >= 0.6 is 0 Å². The molecule has 0 bridgehead atoms. The molecular formula is C57H111NO3. The summed E-state index contributed by atoms with van der Waals surface area (Å²) in [4.78, 5) is 24.7. The number of rotatable bonds is 53. The summed E-state index contributed by atoms with van der Waals surface area (Å²) in [5, 5.41) is 12.9. The number of allylic oxidation sites excluding steroid dienone is 2. The van der Waals surface area contributed by atoms with Gasteiger partial charge in [-0.2, -0.15) is 0 Å². The van der Waals surface area contributed by atoms with E-state index in [0.717, 1.165) is 51.4 Å². The molecule has 0 saturated carbocycles. The van der Waals surface area contributed by atoms with Crippen molar-refractivity contribution in [3.63, 3.8) is 0 Å². The van der Waals surface area contributed by atoms with Gasteiger partial charge >= 0.3 is 0 Å². The van der Waals surface area contributed by atoms with Gasteiger partial charge in [0.1, 0.15) is 5.78 Å². The zero-order chi connectivity index (χ0) is 44.2. The molecule has 0 saturated heterocycles. The topological polar surface area (TPSA) is 66.4 Å². The van der Waals surface area contributed by atoms with E-state index in [9.17, 15) is 14.7 Å². The number of carbonyl (C=O) groups is 2. The summed E-state index contributed by atoms with van der Waals surface area (Å²) in [6.07, 6.45) is 67.4. The molecule has 0 spiro atoms. The highest BCUT2D eigenvalue weighted by molar-refractivity contribution is 5.78. The van der Waals surface area contributed by atoms with Crippen LogP contribution in [0, 0.1) is 0 Å². The Bertz CT molecular complexity index is 886. The average molecular weight is 859 g/mol. The number of aliphatic hydroxyl groups is 1. The lowest BCUT2D eigenvalue weighted by Gasteiger charge is -2.16. The summed E-state index contributed by atoms with van der Waals surface area (Å²) < 4.78 is 0. The van der Waals surface area contributed by atoms with Crippen LogP contribution in [-0.2, 0) is 9.59 Å². The fourth-order valence-electron chi connectivity index (χ4n) is 9.05. The standard InChI is InChI=1S/C57H111NO3/c1-3-5-7-9-11-13-15-17-19-21-22-23-25-27-31-35-39-43-47-51-56(60)52-48-44-40-36-32-28-29-33-37-41-45-49-53-57(61)58-55(54-59)50-46-42-38-34-30-26-24-20-18-16-14-12-10-8-6-4-2/h17,19,55,59H,3-16,18,20-54H2,1-2H3,(H,58,61). The predicted molar refractivity (Wildman–Crippen MR) is 271 cm³/mol. The van der Waals surface area contributed by atoms with Gasteiger partial charge < -0.3 is 10.4 Å². The fraction of sp³-hybridized carbons (Fsp3) is 0.930. The van der Waals surface area contributed by atoms with E-state index in [-0.39, 0.29) is 18.6 Å². The molecule has 0 aliphatic rings. The van der Waals surface area contributed by atoms with Crippen molar-refractivity contribution in [2.75, 3.05) is 6.61 Å². The first-order valence-electron chi connectivity index (χ1n) is 28.2. The molecule has 61 heavy (non-hydrogen) atoms. The van der Waals surface area contributed by atoms with Crippen molar-refractivity contribution in [1.29, 1.82) is 0 Å². The molecule has 1 atom stereocenters. The first-order chi connectivity index (χ1) is 30.1. The number of hydrogen-bond donors (Lipinski definition) is 2. The van der Waals surface area contributed by atoms with E-state index >= 15 is 0 Å². The highest BCUT2D eigenvalue weighted by Crippen LogP contribution is 2.17. The van der Waals surface area contributed by atoms with Gasteiger partial charge in [0.25, 0.3) is 0 Å². The first kappa shape index (κ1) is 59.8. The molecule has 0 fully saturated rings. The lowest BCUT2D eigenvalue weighted by Crippen LogP contribution is -2.37. The molecule has 0 aliphatic carbocycles. The number of Topliss-reactive ketones (excluding diaryl/α,β-unsaturated/α-hetero) is 1. The molecular weight excluding hydrogens is 747 g/mol. The van der Waals surface area contributed by atoms with Crippen LogP contribution in [-0.4, -0.2) is 29.4 Å². The quantitative estimate of drug-likeness (QED) is 0.0473. The predicted octanol–water partition coefficient (Wildman–Crippen LogP) is 18.7. The van der Waals surface area contributed by atoms with E-state index < -0.39 is 0 Å². The van der Waals surface area contributed by atoms with Gasteiger partial charge in [-0.25, -0.2) is 0 Å². The summed E-state index contributed by atoms with van der Waals surface area (Å²) >= 11 is 0. The van der Waals surface area contributed by atoms with E-state index in [2.05, 4.69) is 31.3 Å². The summed E-state index contributed by atoms with van der Waals surface area (Å²) in [7, 11) is 0. The zero-order valence-corrected chi connectivity index (χ0v) is 41.9. The second kappa shape index (κ2) is 53.2. The third-order valence-corrected chi connectivity index (χ3v) is 13.3. The second-order valence-corrected chi connectivity index (χ2v) is 19.6. The SMILES string of the molecule is CCCCCCCCC=CCCCCCCCCCCCC(=O)CCCCCCCCCCCCCCC(=O)NC(CO)CCCCCCCCCCCCCCCCCC. The van der Waals surface area contributed by atoms with Crippen LogP contribution in [0.1, 0.15) is 328 Å². The number of unbranched alkanes of at least 4 members (excludes halogenated alkanes) is 41. The molecule has 0 rings (SSSR count). The van der Waals surface area contributed by atoms with Crippen molar-refractivity contribution in [3.8, 4) is 0 Å². The van der Waals surface area contributed by atoms with Gasteiger partial charge in [-0.3, -0.25) is 9.59 Å². The number of nitrogens with one attached hydrogen (secondary N) is 1. The van der Waals surface area contributed by atoms with Crippen molar-refractivity contribution in [2.45, 2.75) is 335 Å². The second-order valence-electron chi connectivity index (χ2n) is 19.6. The Hall–Kier alpha value is -1.16. The molecule has 0 radical (unpaired) electrons. The van der Waals surface area contributed by atoms with E-state index in [1.165, 1.54) is 257 Å². The first-order valence-corrected chi connectivity index (χ1v) is 28.2. The minimum atomic E-state index is -0.0708. The number of amides is 1. The van der Waals surface area contributed by atoms with E-state index in [1.54, 1.807) is 0 Å². The van der Waals surface area contributed by atoms with E-state index in [4.69, 9.17) is 0 Å². The van der Waals surface area contributed by atoms with Gasteiger partial charge in [-0.1, -0.05) is 270 Å². The van der Waals surface area contributed by atoms with E-state index in [0.29, 0.717) is 12.2 Å². The molecule has 0 aliphatic heterocycles. The molecule has 362 valence electrons. The summed E-state index contributed by atoms with van der Waals surface area (Å²) in [5.74, 6) is 0.617. The monoisotopic (exact) mass is 858 g/mol. The molecule has 1 amide bonds. The molecule has 0 heterocycles. The van der Waals surface area contributed by atoms with Crippen molar-refractivity contribution in [2.24, 2.45) is 0 Å². The molecule has 0 aromatic heterocycles. The van der Waals surface area contributed by atoms with Crippen molar-refractivity contribution in [1.82, 2.24) is 5.32 Å². The Morgan fingerprint density at radius 1 is 0.361 bits per heavy atom. The molecule has 4 heteroatoms. The highest BCUT2D eigenvalue weighted by Gasteiger charge is 2.11. The third-order valence-electron chi connectivity index (χ3n) is 13.3. The van der Waals surface area contributed by atoms with Crippen LogP contribution in [0.3, 0.4) is 0 Å². The van der Waals surface area contributed by atoms with Crippen molar-refractivity contribution < 1.29 is 14.7 Å². The number of hydrogen-bond acceptors (Lipinski definition) is 3. The minimum Gasteiger partial charge on any atom is -0.394 e. The van der Waals surface area contributed by atoms with Gasteiger partial charge in [0.05, 0.1) is 12.6 Å². The Labute approximate surface area is 383 Å². The Morgan fingerprint density at radius 3 is 0.934 bits per heavy atom. The van der Waals surface area contributed by atoms with Crippen LogP contribution in [0.25, 0.3) is 0 Å². The largest absolute Gasteiger partial charge is 0.394 e. The van der Waals surface area contributed by atoms with Crippen LogP contribution in [0.15, 0.2) is 12.2 Å². The van der Waals surface area contributed by atoms with E-state index in [1.807, 2.05) is 0 Å². The fourth-order valence-corrected chi connectivity index (χ4v) is 9.05. The maximum atomic E-state index is 12.4. The van der Waals surface area contributed by atoms with Gasteiger partial charge in [-0.05, 0) is 51.4 Å². The smallest absolute Gasteiger partial charge is 0.220 e. The molecule has 0 aromatic carbocycles. The van der Waals surface area contributed by atoms with Crippen molar-refractivity contribution >= 4 is 11.7 Å². The lowest BCUT2D eigenvalue weighted by molar-refractivity contribution is -0.122. The number of carbonyl (C=O) groups excluding carboxylic acids is 2. The summed E-state index contributed by atoms with van der Waals surface area (Å²) in [5.41, 5.74) is 0. The highest BCUT2D eigenvalue weighted by atomic mass is 16.3. The number of ketones is 1. The van der Waals surface area contributed by atoms with Gasteiger partial charge in [0, 0.05) is 19.3 Å². The lowest BCUT2D eigenvalue weighted by atomic mass is 10.0. The third kappa shape index (κ3) is 51.4. The van der Waals surface area contributed by atoms with Gasteiger partial charge in [-0.15, -0.1) is 0 Å². The Balaban J connectivity index is 3.37.